The zero-order chi connectivity index (χ0) is 81.1. The Morgan fingerprint density at radius 1 is 0.426 bits per heavy atom. The molecule has 5 aliphatic heterocycles. The number of amides is 5. The smallest absolute Gasteiger partial charge is 0.383 e. The van der Waals surface area contributed by atoms with Gasteiger partial charge in [-0.05, 0) is 184 Å². The highest BCUT2D eigenvalue weighted by molar-refractivity contribution is 6.30. The zero-order valence-electron chi connectivity index (χ0n) is 63.9. The molecule has 0 aliphatic carbocycles. The normalized spacial score (nSPS) is 13.3. The third-order valence-corrected chi connectivity index (χ3v) is 20.9. The second kappa shape index (κ2) is 32.5. The number of carbonyl (C=O) groups excluding carboxylic acids is 9. The highest BCUT2D eigenvalue weighted by Gasteiger charge is 2.40. The van der Waals surface area contributed by atoms with E-state index in [1.165, 1.54) is 17.7 Å². The second-order valence-electron chi connectivity index (χ2n) is 29.8. The van der Waals surface area contributed by atoms with Gasteiger partial charge < -0.3 is 29.2 Å². The molecule has 5 heterocycles. The molecular weight excluding hydrogens is 1460 g/mol. The van der Waals surface area contributed by atoms with Gasteiger partial charge in [0.1, 0.15) is 31.7 Å². The Morgan fingerprint density at radius 3 is 1.20 bits per heavy atom. The Bertz CT molecular complexity index is 6100. The lowest BCUT2D eigenvalue weighted by Gasteiger charge is -2.26. The van der Waals surface area contributed by atoms with E-state index in [0.717, 1.165) is 125 Å². The average Bonchev–Trinajstić information content (AvgIpc) is 1.58. The molecule has 13 aromatic carbocycles. The SMILES string of the molecule is CC(C)(C)c1ccc2c3c(cccc13)C(=O)N2c1ccc(N(c2ccccc2)c2ccccc2)cc1.CC(C)CCN1C(=O)c2cccc3cc(C=O)cc1c23.COCCN1C(=O)c2cccc3cc(C=O)cc1c23.O=Cc1cc2c3c(cccc3c1)C(=O)N2CC(F)(F)F.[C-]#[N+]CCCN1C(=O)c2cccc3cc(C=O)cc1c23. The molecule has 0 bridgehead atoms. The summed E-state index contributed by atoms with van der Waals surface area (Å²) in [7, 11) is 1.60. The summed E-state index contributed by atoms with van der Waals surface area (Å²) in [6.45, 7) is 18.9. The molecule has 13 aromatic rings. The number of nitrogens with zero attached hydrogens (tertiary/aromatic N) is 7. The van der Waals surface area contributed by atoms with Gasteiger partial charge in [-0.3, -0.25) is 53.0 Å². The van der Waals surface area contributed by atoms with Gasteiger partial charge in [0.05, 0.1) is 40.6 Å². The average molecular weight is 1530 g/mol. The van der Waals surface area contributed by atoms with E-state index in [1.807, 2.05) is 143 Å². The monoisotopic (exact) mass is 1530 g/mol. The molecule has 574 valence electrons. The van der Waals surface area contributed by atoms with E-state index in [-0.39, 0.29) is 45.9 Å². The maximum absolute atomic E-state index is 13.6. The molecule has 5 aliphatic rings. The van der Waals surface area contributed by atoms with Crippen LogP contribution in [-0.4, -0.2) is 107 Å². The van der Waals surface area contributed by atoms with E-state index >= 15 is 0 Å². The number of benzene rings is 13. The number of hydrogen-bond acceptors (Lipinski definition) is 11. The molecule has 0 saturated carbocycles. The lowest BCUT2D eigenvalue weighted by Crippen LogP contribution is -2.36. The van der Waals surface area contributed by atoms with Crippen LogP contribution in [0.4, 0.5) is 64.4 Å². The van der Waals surface area contributed by atoms with Crippen LogP contribution >= 0.6 is 0 Å². The molecule has 0 atom stereocenters. The first-order valence-electron chi connectivity index (χ1n) is 37.6. The highest BCUT2D eigenvalue weighted by Crippen LogP contribution is 2.48. The van der Waals surface area contributed by atoms with Crippen molar-refractivity contribution in [2.75, 3.05) is 75.8 Å². The van der Waals surface area contributed by atoms with Gasteiger partial charge >= 0.3 is 6.18 Å². The molecular formula is C95H78F3N7O10. The quantitative estimate of drug-likeness (QED) is 0.0452. The first kappa shape index (κ1) is 77.9. The largest absolute Gasteiger partial charge is 0.406 e. The van der Waals surface area contributed by atoms with Crippen LogP contribution in [0.2, 0.25) is 0 Å². The topological polar surface area (TPSA) is 187 Å². The molecule has 0 saturated heterocycles. The molecule has 115 heavy (non-hydrogen) atoms. The van der Waals surface area contributed by atoms with E-state index in [2.05, 4.69) is 99.0 Å². The fourth-order valence-electron chi connectivity index (χ4n) is 15.7. The van der Waals surface area contributed by atoms with Crippen LogP contribution in [0, 0.1) is 12.5 Å². The maximum atomic E-state index is 13.6. The Morgan fingerprint density at radius 2 is 0.809 bits per heavy atom. The standard InChI is InChI=1S/C33H28N2O.C17H17NO2.C16H12N2O2.C15H13NO3.C14H8F3NO2/c1-33(2,3)29-21-22-30-31-27(29)15-10-16-28(31)32(36)35(30)26-19-17-25(18-20-26)34(23-11-6-4-7-12-23)24-13-8-5-9-14-24;1-11(2)6-7-18-15-9-12(10-19)8-13-4-3-5-14(16(13)15)17(18)20;1-17-6-3-7-18-14-9-11(10-19)8-12-4-2-5-13(15(12)14)16(18)20;1-19-6-5-16-13-8-10(9-17)7-11-3-2-4-12(14(11)13)15(16)18;15-14(16,17)7-18-11-5-8(6-19)4-9-2-1-3-10(12(9)11)13(18)20/h4-22H,1-3H3;3-5,8-11H,6-7H2,1-2H3;2,4-5,8-10H,3,6-7H2;2-4,7-9H,5-6H2,1H3;1-6H,7H2. The predicted octanol–water partition coefficient (Wildman–Crippen LogP) is 20.9. The molecule has 5 amide bonds. The number of rotatable bonds is 18. The van der Waals surface area contributed by atoms with E-state index < -0.39 is 18.6 Å². The van der Waals surface area contributed by atoms with Crippen molar-refractivity contribution < 1.29 is 61.1 Å². The van der Waals surface area contributed by atoms with Crippen LogP contribution in [0.25, 0.3) is 58.7 Å². The van der Waals surface area contributed by atoms with Crippen LogP contribution in [0.3, 0.4) is 0 Å². The minimum Gasteiger partial charge on any atom is -0.383 e. The molecule has 0 spiro atoms. The van der Waals surface area contributed by atoms with E-state index in [4.69, 9.17) is 11.3 Å². The lowest BCUT2D eigenvalue weighted by atomic mass is 9.83. The van der Waals surface area contributed by atoms with Crippen molar-refractivity contribution >= 4 is 160 Å². The van der Waals surface area contributed by atoms with E-state index in [9.17, 15) is 56.3 Å². The molecule has 0 aromatic heterocycles. The minimum absolute atomic E-state index is 0.00634. The minimum atomic E-state index is -4.50. The van der Waals surface area contributed by atoms with Crippen molar-refractivity contribution in [3.05, 3.63) is 304 Å². The van der Waals surface area contributed by atoms with Crippen molar-refractivity contribution in [1.82, 2.24) is 0 Å². The second-order valence-corrected chi connectivity index (χ2v) is 29.8. The number of para-hydroxylation sites is 2. The summed E-state index contributed by atoms with van der Waals surface area (Å²) in [5.74, 6) is -0.145. The van der Waals surface area contributed by atoms with Crippen LogP contribution in [-0.2, 0) is 10.2 Å². The van der Waals surface area contributed by atoms with Crippen LogP contribution in [0.15, 0.2) is 237 Å². The molecule has 20 heteroatoms. The van der Waals surface area contributed by atoms with Crippen molar-refractivity contribution in [2.24, 2.45) is 5.92 Å². The third kappa shape index (κ3) is 15.2. The fourth-order valence-corrected chi connectivity index (χ4v) is 15.7. The van der Waals surface area contributed by atoms with Gasteiger partial charge in [0, 0.05) is 127 Å². The number of ether oxygens (including phenoxy) is 1. The molecule has 0 fully saturated rings. The lowest BCUT2D eigenvalue weighted by molar-refractivity contribution is -0.118. The number of aldehydes is 4. The number of methoxy groups -OCH3 is 1. The van der Waals surface area contributed by atoms with Crippen molar-refractivity contribution in [2.45, 2.75) is 59.1 Å². The number of alkyl halides is 3. The van der Waals surface area contributed by atoms with Crippen molar-refractivity contribution in [1.29, 1.82) is 0 Å². The summed E-state index contributed by atoms with van der Waals surface area (Å²) in [5.41, 5.74) is 14.0. The Hall–Kier alpha value is -13.8. The summed E-state index contributed by atoms with van der Waals surface area (Å²) in [6.07, 6.45) is 0.0790. The molecule has 17 nitrogen and oxygen atoms in total. The number of carbonyl (C=O) groups is 9. The van der Waals surface area contributed by atoms with E-state index in [0.29, 0.717) is 94.9 Å². The highest BCUT2D eigenvalue weighted by atomic mass is 19.4. The summed E-state index contributed by atoms with van der Waals surface area (Å²) < 4.78 is 42.9. The molecule has 18 rings (SSSR count). The van der Waals surface area contributed by atoms with Gasteiger partial charge in [-0.2, -0.15) is 13.2 Å². The molecule has 0 unspecified atom stereocenters. The Labute approximate surface area is 661 Å². The number of halogens is 3. The Balaban J connectivity index is 0.000000122. The molecule has 0 radical (unpaired) electrons. The predicted molar refractivity (Wildman–Crippen MR) is 448 cm³/mol. The van der Waals surface area contributed by atoms with Crippen molar-refractivity contribution in [3.8, 4) is 0 Å². The zero-order valence-corrected chi connectivity index (χ0v) is 63.9. The van der Waals surface area contributed by atoms with Gasteiger partial charge in [0.2, 0.25) is 6.54 Å². The number of anilines is 9. The van der Waals surface area contributed by atoms with Gasteiger partial charge in [0.15, 0.2) is 0 Å². The summed E-state index contributed by atoms with van der Waals surface area (Å²) in [4.78, 5) is 120. The van der Waals surface area contributed by atoms with Gasteiger partial charge in [-0.15, -0.1) is 0 Å². The van der Waals surface area contributed by atoms with Gasteiger partial charge in [0.25, 0.3) is 29.5 Å². The summed E-state index contributed by atoms with van der Waals surface area (Å²) >= 11 is 0. The number of hydrogen-bond donors (Lipinski definition) is 0. The fraction of sp³-hybridized carbons (Fsp3) is 0.179. The maximum Gasteiger partial charge on any atom is 0.406 e. The van der Waals surface area contributed by atoms with Crippen LogP contribution < -0.4 is 29.4 Å². The first-order chi connectivity index (χ1) is 55.5. The molecule has 0 N–H and O–H groups in total. The third-order valence-electron chi connectivity index (χ3n) is 20.9. The Kier molecular flexibility index (Phi) is 22.0. The van der Waals surface area contributed by atoms with Gasteiger partial charge in [-0.1, -0.05) is 138 Å². The van der Waals surface area contributed by atoms with Crippen molar-refractivity contribution in [3.63, 3.8) is 0 Å². The van der Waals surface area contributed by atoms with Gasteiger partial charge in [-0.25, -0.2) is 6.57 Å². The van der Waals surface area contributed by atoms with E-state index in [1.54, 1.807) is 53.3 Å². The summed E-state index contributed by atoms with van der Waals surface area (Å²) in [5, 5.41) is 8.86. The summed E-state index contributed by atoms with van der Waals surface area (Å²) in [6, 6.07) is 74.5. The first-order valence-corrected chi connectivity index (χ1v) is 37.6. The van der Waals surface area contributed by atoms with Crippen LogP contribution in [0.1, 0.15) is 146 Å². The van der Waals surface area contributed by atoms with Crippen LogP contribution in [0.5, 0.6) is 0 Å².